The Balaban J connectivity index is 2.64. The Labute approximate surface area is 64.0 Å². The van der Waals surface area contributed by atoms with Crippen molar-refractivity contribution in [3.8, 4) is 0 Å². The lowest BCUT2D eigenvalue weighted by molar-refractivity contribution is -0.108. The first kappa shape index (κ1) is 7.72. The molecule has 1 aromatic heterocycles. The van der Waals surface area contributed by atoms with Crippen LogP contribution in [0.3, 0.4) is 0 Å². The topological polar surface area (TPSA) is 47.3 Å². The molecule has 0 spiro atoms. The van der Waals surface area contributed by atoms with E-state index in [4.69, 9.17) is 4.42 Å². The summed E-state index contributed by atoms with van der Waals surface area (Å²) in [6, 6.07) is 3.40. The Morgan fingerprint density at radius 1 is 1.09 bits per heavy atom. The molecule has 0 N–H and O–H groups in total. The average molecular weight is 152 g/mol. The maximum Gasteiger partial charge on any atom is 0.127 e. The van der Waals surface area contributed by atoms with Crippen molar-refractivity contribution in [1.82, 2.24) is 0 Å². The minimum Gasteiger partial charge on any atom is -0.465 e. The summed E-state index contributed by atoms with van der Waals surface area (Å²) in [5.74, 6) is 1.22. The quantitative estimate of drug-likeness (QED) is 0.598. The molecule has 0 aliphatic rings. The fourth-order valence-corrected chi connectivity index (χ4v) is 0.806. The van der Waals surface area contributed by atoms with E-state index in [1.165, 1.54) is 0 Å². The van der Waals surface area contributed by atoms with Crippen LogP contribution in [0.4, 0.5) is 0 Å². The second-order valence-corrected chi connectivity index (χ2v) is 2.11. The van der Waals surface area contributed by atoms with Crippen molar-refractivity contribution in [2.24, 2.45) is 0 Å². The third-order valence-corrected chi connectivity index (χ3v) is 1.29. The van der Waals surface area contributed by atoms with Gasteiger partial charge in [0.1, 0.15) is 24.1 Å². The molecule has 0 aliphatic heterocycles. The van der Waals surface area contributed by atoms with E-state index in [-0.39, 0.29) is 12.8 Å². The molecule has 0 fully saturated rings. The lowest BCUT2D eigenvalue weighted by Gasteiger charge is -1.86. The van der Waals surface area contributed by atoms with Gasteiger partial charge in [-0.15, -0.1) is 0 Å². The van der Waals surface area contributed by atoms with Crippen LogP contribution >= 0.6 is 0 Å². The maximum absolute atomic E-state index is 10.0. The van der Waals surface area contributed by atoms with Crippen LogP contribution in [-0.2, 0) is 22.4 Å². The lowest BCUT2D eigenvalue weighted by atomic mass is 10.3. The number of carbonyl (C=O) groups excluding carboxylic acids is 2. The highest BCUT2D eigenvalue weighted by atomic mass is 16.3. The van der Waals surface area contributed by atoms with E-state index in [1.807, 2.05) is 0 Å². The first-order chi connectivity index (χ1) is 5.36. The molecule has 0 saturated heterocycles. The van der Waals surface area contributed by atoms with Gasteiger partial charge in [0, 0.05) is 0 Å². The van der Waals surface area contributed by atoms with Crippen LogP contribution < -0.4 is 0 Å². The Morgan fingerprint density at radius 3 is 1.91 bits per heavy atom. The zero-order valence-corrected chi connectivity index (χ0v) is 5.95. The van der Waals surface area contributed by atoms with Gasteiger partial charge in [-0.25, -0.2) is 0 Å². The molecule has 0 radical (unpaired) electrons. The Morgan fingerprint density at radius 2 is 1.55 bits per heavy atom. The van der Waals surface area contributed by atoms with Gasteiger partial charge in [0.25, 0.3) is 0 Å². The van der Waals surface area contributed by atoms with E-state index in [9.17, 15) is 9.59 Å². The Kier molecular flexibility index (Phi) is 2.60. The largest absolute Gasteiger partial charge is 0.465 e. The zero-order valence-electron chi connectivity index (χ0n) is 5.95. The number of aldehydes is 2. The molecule has 11 heavy (non-hydrogen) atoms. The van der Waals surface area contributed by atoms with Crippen molar-refractivity contribution in [3.05, 3.63) is 23.7 Å². The highest BCUT2D eigenvalue weighted by molar-refractivity contribution is 5.55. The molecule has 0 bridgehead atoms. The summed E-state index contributed by atoms with van der Waals surface area (Å²) in [6.45, 7) is 0. The second-order valence-electron chi connectivity index (χ2n) is 2.11. The SMILES string of the molecule is O=CCc1ccc(CC=O)o1. The lowest BCUT2D eigenvalue weighted by Crippen LogP contribution is -1.82. The Bertz CT molecular complexity index is 225. The van der Waals surface area contributed by atoms with Crippen LogP contribution in [0.5, 0.6) is 0 Å². The predicted molar refractivity (Wildman–Crippen MR) is 38.2 cm³/mol. The van der Waals surface area contributed by atoms with Crippen LogP contribution in [0.2, 0.25) is 0 Å². The molecular formula is C8H8O3. The zero-order chi connectivity index (χ0) is 8.10. The van der Waals surface area contributed by atoms with Gasteiger partial charge in [0.05, 0.1) is 12.8 Å². The van der Waals surface area contributed by atoms with Gasteiger partial charge in [0.15, 0.2) is 0 Å². The monoisotopic (exact) mass is 152 g/mol. The average Bonchev–Trinajstić information content (AvgIpc) is 2.38. The molecule has 0 atom stereocenters. The maximum atomic E-state index is 10.0. The van der Waals surface area contributed by atoms with E-state index in [2.05, 4.69) is 0 Å². The van der Waals surface area contributed by atoms with Gasteiger partial charge in [-0.3, -0.25) is 0 Å². The fourth-order valence-electron chi connectivity index (χ4n) is 0.806. The van der Waals surface area contributed by atoms with Crippen molar-refractivity contribution in [2.75, 3.05) is 0 Å². The molecule has 3 nitrogen and oxygen atoms in total. The summed E-state index contributed by atoms with van der Waals surface area (Å²) >= 11 is 0. The van der Waals surface area contributed by atoms with Crippen LogP contribution in [0, 0.1) is 0 Å². The summed E-state index contributed by atoms with van der Waals surface area (Å²) in [7, 11) is 0. The van der Waals surface area contributed by atoms with Gasteiger partial charge in [-0.05, 0) is 12.1 Å². The molecule has 0 saturated carbocycles. The third-order valence-electron chi connectivity index (χ3n) is 1.29. The molecule has 0 unspecified atom stereocenters. The van der Waals surface area contributed by atoms with E-state index in [0.717, 1.165) is 12.6 Å². The first-order valence-corrected chi connectivity index (χ1v) is 3.31. The van der Waals surface area contributed by atoms with Crippen molar-refractivity contribution < 1.29 is 14.0 Å². The third kappa shape index (κ3) is 2.04. The number of furan rings is 1. The number of hydrogen-bond acceptors (Lipinski definition) is 3. The molecule has 3 heteroatoms. The molecule has 1 aromatic rings. The first-order valence-electron chi connectivity index (χ1n) is 3.31. The molecule has 0 aromatic carbocycles. The van der Waals surface area contributed by atoms with E-state index >= 15 is 0 Å². The van der Waals surface area contributed by atoms with Gasteiger partial charge in [0.2, 0.25) is 0 Å². The summed E-state index contributed by atoms with van der Waals surface area (Å²) in [6.07, 6.45) is 2.09. The smallest absolute Gasteiger partial charge is 0.127 e. The van der Waals surface area contributed by atoms with Gasteiger partial charge < -0.3 is 14.0 Å². The summed E-state index contributed by atoms with van der Waals surface area (Å²) in [5.41, 5.74) is 0. The standard InChI is InChI=1S/C8H8O3/c9-5-3-7-1-2-8(11-7)4-6-10/h1-2,5-6H,3-4H2. The fraction of sp³-hybridized carbons (Fsp3) is 0.250. The molecule has 1 heterocycles. The summed E-state index contributed by atoms with van der Waals surface area (Å²) in [4.78, 5) is 20.0. The number of rotatable bonds is 4. The van der Waals surface area contributed by atoms with Gasteiger partial charge in [-0.1, -0.05) is 0 Å². The molecule has 0 aliphatic carbocycles. The minimum atomic E-state index is 0.277. The Hall–Kier alpha value is -1.38. The minimum absolute atomic E-state index is 0.277. The van der Waals surface area contributed by atoms with Crippen molar-refractivity contribution >= 4 is 12.6 Å². The van der Waals surface area contributed by atoms with Crippen molar-refractivity contribution in [2.45, 2.75) is 12.8 Å². The summed E-state index contributed by atoms with van der Waals surface area (Å²) < 4.78 is 5.10. The van der Waals surface area contributed by atoms with E-state index in [1.54, 1.807) is 12.1 Å². The molecular weight excluding hydrogens is 144 g/mol. The van der Waals surface area contributed by atoms with Crippen LogP contribution in [0.1, 0.15) is 11.5 Å². The molecule has 1 rings (SSSR count). The van der Waals surface area contributed by atoms with E-state index < -0.39 is 0 Å². The highest BCUT2D eigenvalue weighted by Gasteiger charge is 1.99. The van der Waals surface area contributed by atoms with E-state index in [0.29, 0.717) is 11.5 Å². The van der Waals surface area contributed by atoms with Crippen LogP contribution in [0.15, 0.2) is 16.5 Å². The van der Waals surface area contributed by atoms with Crippen LogP contribution in [-0.4, -0.2) is 12.6 Å². The number of carbonyl (C=O) groups is 2. The highest BCUT2D eigenvalue weighted by Crippen LogP contribution is 2.07. The molecule has 58 valence electrons. The normalized spacial score (nSPS) is 9.45. The van der Waals surface area contributed by atoms with Crippen molar-refractivity contribution in [3.63, 3.8) is 0 Å². The predicted octanol–water partition coefficient (Wildman–Crippen LogP) is 0.762. The molecule has 0 amide bonds. The van der Waals surface area contributed by atoms with Gasteiger partial charge >= 0.3 is 0 Å². The second kappa shape index (κ2) is 3.71. The van der Waals surface area contributed by atoms with Crippen LogP contribution in [0.25, 0.3) is 0 Å². The summed E-state index contributed by atoms with van der Waals surface area (Å²) in [5, 5.41) is 0. The van der Waals surface area contributed by atoms with Gasteiger partial charge in [-0.2, -0.15) is 0 Å². The number of hydrogen-bond donors (Lipinski definition) is 0. The van der Waals surface area contributed by atoms with Crippen molar-refractivity contribution in [1.29, 1.82) is 0 Å².